The van der Waals surface area contributed by atoms with E-state index in [4.69, 9.17) is 9.47 Å². The number of morpholine rings is 1. The predicted octanol–water partition coefficient (Wildman–Crippen LogP) is 0.641. The number of hydrogen-bond donors (Lipinski definition) is 2. The number of carbonyl (C=O) groups is 1. The van der Waals surface area contributed by atoms with Crippen LogP contribution in [-0.2, 0) is 9.53 Å². The van der Waals surface area contributed by atoms with Crippen molar-refractivity contribution in [1.82, 2.24) is 5.32 Å². The molecule has 1 heterocycles. The van der Waals surface area contributed by atoms with Crippen LogP contribution in [0.25, 0.3) is 6.08 Å². The number of hydrogen-bond acceptors (Lipinski definition) is 4. The van der Waals surface area contributed by atoms with Crippen molar-refractivity contribution in [2.45, 2.75) is 12.2 Å². The molecule has 0 saturated carbocycles. The highest BCUT2D eigenvalue weighted by Crippen LogP contribution is 2.34. The molecule has 5 nitrogen and oxygen atoms in total. The van der Waals surface area contributed by atoms with Gasteiger partial charge in [-0.1, -0.05) is 24.3 Å². The lowest BCUT2D eigenvalue weighted by Gasteiger charge is -2.23. The van der Waals surface area contributed by atoms with Gasteiger partial charge >= 0.3 is 0 Å². The first-order chi connectivity index (χ1) is 9.24. The maximum Gasteiger partial charge on any atom is 0.246 e. The molecule has 2 unspecified atom stereocenters. The molecule has 2 aliphatic rings. The third-order valence-electron chi connectivity index (χ3n) is 3.27. The van der Waals surface area contributed by atoms with Crippen LogP contribution in [-0.4, -0.2) is 36.9 Å². The number of fused-ring (bicyclic) bond motifs is 1. The minimum atomic E-state index is -0.552. The summed E-state index contributed by atoms with van der Waals surface area (Å²) in [6.07, 6.45) is 2.90. The van der Waals surface area contributed by atoms with Crippen molar-refractivity contribution in [2.75, 3.05) is 19.8 Å². The first-order valence-corrected chi connectivity index (χ1v) is 6.24. The highest BCUT2D eigenvalue weighted by molar-refractivity contribution is 5.77. The van der Waals surface area contributed by atoms with Crippen LogP contribution < -0.4 is 10.1 Å². The Balaban J connectivity index is 1.65. The molecule has 0 spiro atoms. The average Bonchev–Trinajstić information content (AvgIpc) is 2.81. The van der Waals surface area contributed by atoms with Crippen LogP contribution in [0.5, 0.6) is 5.75 Å². The average molecular weight is 261 g/mol. The van der Waals surface area contributed by atoms with Gasteiger partial charge in [-0.3, -0.25) is 4.79 Å². The Morgan fingerprint density at radius 3 is 3.16 bits per heavy atom. The van der Waals surface area contributed by atoms with Gasteiger partial charge in [-0.15, -0.1) is 0 Å². The zero-order valence-electron chi connectivity index (χ0n) is 10.3. The molecule has 2 N–H and O–H groups in total. The molecule has 0 bridgehead atoms. The molecule has 5 heteroatoms. The molecular formula is C14H15NO4. The molecular weight excluding hydrogens is 246 g/mol. The van der Waals surface area contributed by atoms with Gasteiger partial charge in [-0.25, -0.2) is 0 Å². The van der Waals surface area contributed by atoms with Crippen molar-refractivity contribution in [1.29, 1.82) is 0 Å². The van der Waals surface area contributed by atoms with E-state index in [1.54, 1.807) is 6.08 Å². The molecule has 1 saturated heterocycles. The van der Waals surface area contributed by atoms with Gasteiger partial charge < -0.3 is 19.9 Å². The molecule has 0 radical (unpaired) electrons. The molecule has 1 aliphatic carbocycles. The van der Waals surface area contributed by atoms with Gasteiger partial charge in [0.2, 0.25) is 5.91 Å². The quantitative estimate of drug-likeness (QED) is 0.838. The van der Waals surface area contributed by atoms with E-state index in [0.29, 0.717) is 13.2 Å². The summed E-state index contributed by atoms with van der Waals surface area (Å²) in [5.41, 5.74) is 1.77. The van der Waals surface area contributed by atoms with Crippen LogP contribution >= 0.6 is 0 Å². The lowest BCUT2D eigenvalue weighted by molar-refractivity contribution is -0.134. The van der Waals surface area contributed by atoms with Crippen LogP contribution in [0.4, 0.5) is 0 Å². The van der Waals surface area contributed by atoms with Gasteiger partial charge in [0, 0.05) is 12.1 Å². The minimum absolute atomic E-state index is 0.0829. The second-order valence-electron chi connectivity index (χ2n) is 4.61. The second kappa shape index (κ2) is 5.03. The monoisotopic (exact) mass is 261 g/mol. The van der Waals surface area contributed by atoms with Gasteiger partial charge in [0.05, 0.1) is 6.10 Å². The SMILES string of the molecule is O=C1COC(COc2cccc3c2C=CC3O)CN1. The molecule has 1 fully saturated rings. The number of benzene rings is 1. The van der Waals surface area contributed by atoms with Crippen molar-refractivity contribution in [3.8, 4) is 5.75 Å². The number of amides is 1. The predicted molar refractivity (Wildman–Crippen MR) is 68.7 cm³/mol. The summed E-state index contributed by atoms with van der Waals surface area (Å²) >= 11 is 0. The van der Waals surface area contributed by atoms with Crippen molar-refractivity contribution < 1.29 is 19.4 Å². The molecule has 100 valence electrons. The number of ether oxygens (including phenoxy) is 2. The standard InChI is InChI=1S/C14H15NO4/c16-12-5-4-11-10(12)2-1-3-13(11)19-7-9-6-15-14(17)8-18-9/h1-5,9,12,16H,6-8H2,(H,15,17). The minimum Gasteiger partial charge on any atom is -0.490 e. The zero-order chi connectivity index (χ0) is 13.2. The first kappa shape index (κ1) is 12.2. The smallest absolute Gasteiger partial charge is 0.246 e. The third-order valence-corrected chi connectivity index (χ3v) is 3.27. The van der Waals surface area contributed by atoms with Gasteiger partial charge in [0.15, 0.2) is 0 Å². The maximum absolute atomic E-state index is 11.0. The highest BCUT2D eigenvalue weighted by atomic mass is 16.5. The lowest BCUT2D eigenvalue weighted by Crippen LogP contribution is -2.45. The van der Waals surface area contributed by atoms with Crippen molar-refractivity contribution in [2.24, 2.45) is 0 Å². The maximum atomic E-state index is 11.0. The van der Waals surface area contributed by atoms with Crippen molar-refractivity contribution in [3.63, 3.8) is 0 Å². The number of aliphatic hydroxyl groups is 1. The normalized spacial score (nSPS) is 25.0. The van der Waals surface area contributed by atoms with Gasteiger partial charge in [-0.05, 0) is 11.6 Å². The fraction of sp³-hybridized carbons (Fsp3) is 0.357. The van der Waals surface area contributed by atoms with E-state index in [0.717, 1.165) is 16.9 Å². The number of carbonyl (C=O) groups excluding carboxylic acids is 1. The summed E-state index contributed by atoms with van der Waals surface area (Å²) in [7, 11) is 0. The Kier molecular flexibility index (Phi) is 3.23. The van der Waals surface area contributed by atoms with Gasteiger partial charge in [0.1, 0.15) is 25.1 Å². The Hall–Kier alpha value is -1.85. The summed E-state index contributed by atoms with van der Waals surface area (Å²) in [6.45, 7) is 0.923. The summed E-state index contributed by atoms with van der Waals surface area (Å²) in [5, 5.41) is 12.5. The molecule has 1 amide bonds. The molecule has 19 heavy (non-hydrogen) atoms. The summed E-state index contributed by atoms with van der Waals surface area (Å²) in [4.78, 5) is 11.0. The van der Waals surface area contributed by atoms with E-state index in [1.807, 2.05) is 24.3 Å². The first-order valence-electron chi connectivity index (χ1n) is 6.24. The van der Waals surface area contributed by atoms with E-state index in [9.17, 15) is 9.90 Å². The van der Waals surface area contributed by atoms with Crippen LogP contribution in [0.15, 0.2) is 24.3 Å². The number of nitrogens with one attached hydrogen (secondary N) is 1. The topological polar surface area (TPSA) is 67.8 Å². The Morgan fingerprint density at radius 1 is 1.47 bits per heavy atom. The highest BCUT2D eigenvalue weighted by Gasteiger charge is 2.21. The fourth-order valence-corrected chi connectivity index (χ4v) is 2.24. The Bertz CT molecular complexity index is 516. The number of aliphatic hydroxyl groups excluding tert-OH is 1. The van der Waals surface area contributed by atoms with Gasteiger partial charge in [0.25, 0.3) is 0 Å². The van der Waals surface area contributed by atoms with E-state index in [-0.39, 0.29) is 18.6 Å². The third kappa shape index (κ3) is 2.47. The molecule has 0 aromatic heterocycles. The van der Waals surface area contributed by atoms with Crippen molar-refractivity contribution >= 4 is 12.0 Å². The summed E-state index contributed by atoms with van der Waals surface area (Å²) < 4.78 is 11.1. The fourth-order valence-electron chi connectivity index (χ4n) is 2.24. The molecule has 1 aromatic rings. The van der Waals surface area contributed by atoms with Gasteiger partial charge in [-0.2, -0.15) is 0 Å². The Morgan fingerprint density at radius 2 is 2.37 bits per heavy atom. The van der Waals surface area contributed by atoms with Crippen LogP contribution in [0.1, 0.15) is 17.2 Å². The Labute approximate surface area is 110 Å². The summed E-state index contributed by atoms with van der Waals surface area (Å²) in [6, 6.07) is 5.60. The largest absolute Gasteiger partial charge is 0.490 e. The molecule has 1 aliphatic heterocycles. The van der Waals surface area contributed by atoms with E-state index < -0.39 is 6.10 Å². The molecule has 2 atom stereocenters. The van der Waals surface area contributed by atoms with Crippen LogP contribution in [0, 0.1) is 0 Å². The van der Waals surface area contributed by atoms with E-state index in [1.165, 1.54) is 0 Å². The zero-order valence-corrected chi connectivity index (χ0v) is 10.3. The molecule has 3 rings (SSSR count). The van der Waals surface area contributed by atoms with Crippen LogP contribution in [0.2, 0.25) is 0 Å². The second-order valence-corrected chi connectivity index (χ2v) is 4.61. The number of rotatable bonds is 3. The van der Waals surface area contributed by atoms with Crippen molar-refractivity contribution in [3.05, 3.63) is 35.4 Å². The summed E-state index contributed by atoms with van der Waals surface area (Å²) in [5.74, 6) is 0.633. The van der Waals surface area contributed by atoms with E-state index in [2.05, 4.69) is 5.32 Å². The van der Waals surface area contributed by atoms with E-state index >= 15 is 0 Å². The molecule has 1 aromatic carbocycles. The van der Waals surface area contributed by atoms with Crippen LogP contribution in [0.3, 0.4) is 0 Å². The lowest BCUT2D eigenvalue weighted by atomic mass is 10.1.